The van der Waals surface area contributed by atoms with Crippen molar-refractivity contribution in [3.05, 3.63) is 29.3 Å². The van der Waals surface area contributed by atoms with E-state index in [1.165, 1.54) is 42.5 Å². The van der Waals surface area contributed by atoms with E-state index < -0.39 is 59.9 Å². The molecule has 0 radical (unpaired) electrons. The third kappa shape index (κ3) is 8.21. The zero-order valence-corrected chi connectivity index (χ0v) is 30.0. The molecule has 50 heavy (non-hydrogen) atoms. The smallest absolute Gasteiger partial charge is 0.459 e. The Bertz CT molecular complexity index is 1730. The quantitative estimate of drug-likeness (QED) is 0.0827. The number of rotatable bonds is 14. The van der Waals surface area contributed by atoms with Crippen molar-refractivity contribution in [1.29, 1.82) is 0 Å². The van der Waals surface area contributed by atoms with Gasteiger partial charge in [0.2, 0.25) is 16.0 Å². The van der Waals surface area contributed by atoms with Crippen LogP contribution in [0.25, 0.3) is 0 Å². The van der Waals surface area contributed by atoms with E-state index in [1.807, 2.05) is 0 Å². The van der Waals surface area contributed by atoms with Crippen molar-refractivity contribution in [2.45, 2.75) is 81.4 Å². The summed E-state index contributed by atoms with van der Waals surface area (Å²) in [5, 5.41) is 28.9. The Labute approximate surface area is 294 Å². The molecule has 8 N–H and O–H groups in total. The van der Waals surface area contributed by atoms with E-state index in [9.17, 15) is 28.0 Å². The molecule has 6 rings (SSSR count). The molecule has 2 aliphatic heterocycles. The van der Waals surface area contributed by atoms with Gasteiger partial charge in [0.1, 0.15) is 34.8 Å². The zero-order valence-electron chi connectivity index (χ0n) is 27.5. The molecule has 0 bridgehead atoms. The van der Waals surface area contributed by atoms with E-state index in [4.69, 9.17) is 35.9 Å². The number of carbonyl (C=O) groups is 1. The molecule has 4 aliphatic rings. The van der Waals surface area contributed by atoms with Gasteiger partial charge in [-0.15, -0.1) is 4.83 Å². The highest BCUT2D eigenvalue weighted by molar-refractivity contribution is 7.88. The number of nitrogen functional groups attached to an aromatic ring is 1. The van der Waals surface area contributed by atoms with Crippen LogP contribution < -0.4 is 35.8 Å². The van der Waals surface area contributed by atoms with Crippen molar-refractivity contribution in [2.24, 2.45) is 5.92 Å². The van der Waals surface area contributed by atoms with Crippen molar-refractivity contribution in [2.75, 3.05) is 47.5 Å². The molecular formula is C29H42ClN8O10PS. The number of hydrazine groups is 1. The first-order chi connectivity index (χ1) is 23.6. The van der Waals surface area contributed by atoms with Gasteiger partial charge in [0.15, 0.2) is 17.9 Å². The number of nitrogens with one attached hydrogen (secondary N) is 4. The summed E-state index contributed by atoms with van der Waals surface area (Å²) in [5.74, 6) is -0.182. The molecule has 21 heteroatoms. The van der Waals surface area contributed by atoms with Crippen LogP contribution in [0.5, 0.6) is 5.75 Å². The van der Waals surface area contributed by atoms with Gasteiger partial charge in [-0.2, -0.15) is 15.1 Å². The van der Waals surface area contributed by atoms with Crippen molar-refractivity contribution >= 4 is 58.6 Å². The largest absolute Gasteiger partial charge is 0.464 e. The summed E-state index contributed by atoms with van der Waals surface area (Å²) in [6.07, 6.45) is 2.89. The second kappa shape index (κ2) is 14.2. The monoisotopic (exact) mass is 760 g/mol. The average molecular weight is 761 g/mol. The molecule has 1 saturated heterocycles. The standard InChI is InChI=1S/C29H42ClN8O10PS/c1-28(41)22(39)20(47-25(28)38-16-32-21-23(35-37-50(2,43)44)33-27(31)34-24(21)38)15-46-49(42,48-19-10-8-18(30)9-11-19)36-29(12-13-29)26(40)45-14-17-6-4-3-5-7-17/h8-11,17,20,22,25,32,37,39,41H,3-7,12-16H2,1-2H3,(H,36,42)(H3,31,33,34,35)/t20?,22-,25?,28-,49?/m1/s1. The number of anilines is 4. The fraction of sp³-hybridized carbons (Fsp3) is 0.621. The molecule has 0 spiro atoms. The number of hydrogen-bond donors (Lipinski definition) is 7. The third-order valence-corrected chi connectivity index (χ3v) is 11.5. The molecule has 2 aliphatic carbocycles. The maximum absolute atomic E-state index is 14.4. The lowest BCUT2D eigenvalue weighted by atomic mass is 9.90. The lowest BCUT2D eigenvalue weighted by molar-refractivity contribution is -0.148. The number of ether oxygens (including phenoxy) is 2. The molecule has 3 unspecified atom stereocenters. The number of nitrogens with two attached hydrogens (primary N) is 1. The van der Waals surface area contributed by atoms with Gasteiger partial charge in [0.25, 0.3) is 0 Å². The first-order valence-electron chi connectivity index (χ1n) is 16.2. The van der Waals surface area contributed by atoms with Crippen LogP contribution in [0.4, 0.5) is 23.3 Å². The Hall–Kier alpha value is -3.00. The Kier molecular flexibility index (Phi) is 10.4. The molecule has 1 aromatic heterocycles. The molecule has 276 valence electrons. The topological polar surface area (TPSA) is 249 Å². The number of fused-ring (bicyclic) bond motifs is 1. The van der Waals surface area contributed by atoms with Gasteiger partial charge in [-0.25, -0.2) is 13.0 Å². The Morgan fingerprint density at radius 1 is 1.20 bits per heavy atom. The minimum Gasteiger partial charge on any atom is -0.464 e. The SMILES string of the molecule is C[C@]1(O)C(N2CNc3c(NNS(C)(=O)=O)nc(N)nc32)OC(COP(=O)(NC2(C(=O)OCC3CCCCC3)CC2)Oc2ccc(Cl)cc2)[C@H]1O. The highest BCUT2D eigenvalue weighted by atomic mass is 35.5. The maximum Gasteiger partial charge on any atom is 0.459 e. The van der Waals surface area contributed by atoms with E-state index in [2.05, 4.69) is 30.6 Å². The second-order valence-corrected chi connectivity index (χ2v) is 17.1. The summed E-state index contributed by atoms with van der Waals surface area (Å²) in [7, 11) is -8.03. The van der Waals surface area contributed by atoms with E-state index in [0.717, 1.165) is 31.9 Å². The molecule has 0 amide bonds. The highest BCUT2D eigenvalue weighted by Crippen LogP contribution is 2.53. The van der Waals surface area contributed by atoms with Gasteiger partial charge in [0, 0.05) is 5.02 Å². The predicted octanol–water partition coefficient (Wildman–Crippen LogP) is 2.06. The highest BCUT2D eigenvalue weighted by Gasteiger charge is 2.59. The number of aromatic nitrogens is 2. The van der Waals surface area contributed by atoms with Gasteiger partial charge in [-0.05, 0) is 62.8 Å². The molecule has 2 saturated carbocycles. The number of aliphatic hydroxyl groups excluding tert-OH is 1. The van der Waals surface area contributed by atoms with Gasteiger partial charge < -0.3 is 40.2 Å². The molecule has 5 atom stereocenters. The van der Waals surface area contributed by atoms with E-state index in [0.29, 0.717) is 17.9 Å². The lowest BCUT2D eigenvalue weighted by Crippen LogP contribution is -2.53. The number of benzene rings is 1. The van der Waals surface area contributed by atoms with Gasteiger partial charge >= 0.3 is 13.7 Å². The van der Waals surface area contributed by atoms with Crippen LogP contribution in [-0.2, 0) is 33.4 Å². The van der Waals surface area contributed by atoms with Crippen LogP contribution in [0.2, 0.25) is 5.02 Å². The maximum atomic E-state index is 14.4. The van der Waals surface area contributed by atoms with E-state index >= 15 is 0 Å². The third-order valence-electron chi connectivity index (χ3n) is 9.11. The number of carbonyl (C=O) groups excluding carboxylic acids is 1. The van der Waals surface area contributed by atoms with E-state index in [1.54, 1.807) is 0 Å². The van der Waals surface area contributed by atoms with Crippen molar-refractivity contribution in [3.8, 4) is 5.75 Å². The molecule has 2 aromatic rings. The normalized spacial score (nSPS) is 27.2. The summed E-state index contributed by atoms with van der Waals surface area (Å²) >= 11 is 6.03. The van der Waals surface area contributed by atoms with E-state index in [-0.39, 0.29) is 48.2 Å². The van der Waals surface area contributed by atoms with Crippen molar-refractivity contribution in [3.63, 3.8) is 0 Å². The van der Waals surface area contributed by atoms with Crippen molar-refractivity contribution in [1.82, 2.24) is 19.9 Å². The number of nitrogens with zero attached hydrogens (tertiary/aromatic N) is 3. The first kappa shape index (κ1) is 36.8. The van der Waals surface area contributed by atoms with Crippen LogP contribution >= 0.6 is 19.3 Å². The number of halogens is 1. The molecular weight excluding hydrogens is 719 g/mol. The zero-order chi connectivity index (χ0) is 35.9. The van der Waals surface area contributed by atoms with Crippen LogP contribution in [0.3, 0.4) is 0 Å². The number of hydrogen-bond acceptors (Lipinski definition) is 16. The molecule has 3 fully saturated rings. The molecule has 18 nitrogen and oxygen atoms in total. The van der Waals surface area contributed by atoms with Gasteiger partial charge in [0.05, 0.1) is 26.1 Å². The Morgan fingerprint density at radius 3 is 2.56 bits per heavy atom. The average Bonchev–Trinajstić information content (AvgIpc) is 3.66. The minimum atomic E-state index is -4.37. The summed E-state index contributed by atoms with van der Waals surface area (Å²) in [5.41, 5.74) is 5.38. The number of esters is 1. The fourth-order valence-corrected chi connectivity index (χ4v) is 8.39. The van der Waals surface area contributed by atoms with Crippen LogP contribution in [0, 0.1) is 5.92 Å². The minimum absolute atomic E-state index is 0.00660. The fourth-order valence-electron chi connectivity index (χ4n) is 6.24. The molecule has 3 heterocycles. The summed E-state index contributed by atoms with van der Waals surface area (Å²) in [4.78, 5) is 25.1. The van der Waals surface area contributed by atoms with Gasteiger partial charge in [-0.1, -0.05) is 30.9 Å². The second-order valence-electron chi connectivity index (χ2n) is 13.3. The number of aliphatic hydroxyl groups is 2. The summed E-state index contributed by atoms with van der Waals surface area (Å²) < 4.78 is 61.1. The molecule has 1 aromatic carbocycles. The van der Waals surface area contributed by atoms with Gasteiger partial charge in [-0.3, -0.25) is 14.7 Å². The lowest BCUT2D eigenvalue weighted by Gasteiger charge is -2.33. The Balaban J connectivity index is 1.17. The Morgan fingerprint density at radius 2 is 1.90 bits per heavy atom. The van der Waals surface area contributed by atoms with Crippen LogP contribution in [0.1, 0.15) is 51.9 Å². The number of sulfonamides is 1. The summed E-state index contributed by atoms with van der Waals surface area (Å²) in [6.45, 7) is 1.08. The summed E-state index contributed by atoms with van der Waals surface area (Å²) in [6, 6.07) is 6.05. The predicted molar refractivity (Wildman–Crippen MR) is 183 cm³/mol. The van der Waals surface area contributed by atoms with Crippen molar-refractivity contribution < 1.29 is 46.5 Å². The first-order valence-corrected chi connectivity index (χ1v) is 20.0. The van der Waals surface area contributed by atoms with Crippen LogP contribution in [-0.4, -0.2) is 90.3 Å². The van der Waals surface area contributed by atoms with Crippen LogP contribution in [0.15, 0.2) is 24.3 Å².